The molecule has 0 radical (unpaired) electrons. The molecule has 5 nitrogen and oxygen atoms in total. The van der Waals surface area contributed by atoms with E-state index < -0.39 is 11.6 Å². The Labute approximate surface area is 229 Å². The van der Waals surface area contributed by atoms with Crippen LogP contribution in [0.4, 0.5) is 0 Å². The number of nitrogens with zero attached hydrogens (tertiary/aromatic N) is 1. The van der Waals surface area contributed by atoms with Gasteiger partial charge in [0.1, 0.15) is 11.8 Å². The van der Waals surface area contributed by atoms with Crippen molar-refractivity contribution < 1.29 is 14.3 Å². The van der Waals surface area contributed by atoms with Gasteiger partial charge in [-0.15, -0.1) is 0 Å². The Morgan fingerprint density at radius 1 is 0.868 bits per heavy atom. The molecule has 6 heteroatoms. The lowest BCUT2D eigenvalue weighted by Crippen LogP contribution is -2.55. The Morgan fingerprint density at radius 3 is 2.26 bits per heavy atom. The fourth-order valence-electron chi connectivity index (χ4n) is 4.38. The van der Waals surface area contributed by atoms with Crippen molar-refractivity contribution in [3.8, 4) is 5.75 Å². The molecule has 4 rings (SSSR count). The number of nitrogens with one attached hydrogen (secondary N) is 1. The minimum absolute atomic E-state index is 0.206. The number of fused-ring (bicyclic) bond motifs is 1. The predicted molar refractivity (Wildman–Crippen MR) is 153 cm³/mol. The Hall–Kier alpha value is -3.83. The van der Waals surface area contributed by atoms with Gasteiger partial charge in [-0.1, -0.05) is 90.5 Å². The van der Waals surface area contributed by atoms with E-state index >= 15 is 0 Å². The van der Waals surface area contributed by atoms with Gasteiger partial charge in [-0.05, 0) is 55.5 Å². The van der Waals surface area contributed by atoms with Crippen molar-refractivity contribution in [3.63, 3.8) is 0 Å². The molecule has 0 heterocycles. The predicted octanol–water partition coefficient (Wildman–Crippen LogP) is 6.43. The topological polar surface area (TPSA) is 58.6 Å². The SMILES string of the molecule is CC(C)(C)NC(=O)[C@@H](Cc1ccccc1)N(Cc1cccc(Cl)c1)C(=O)COc1cccc2ccccc12. The van der Waals surface area contributed by atoms with Gasteiger partial charge in [-0.25, -0.2) is 0 Å². The lowest BCUT2D eigenvalue weighted by atomic mass is 10.0. The number of carbonyl (C=O) groups is 2. The number of halogens is 1. The molecule has 0 spiro atoms. The monoisotopic (exact) mass is 528 g/mol. The quantitative estimate of drug-likeness (QED) is 0.272. The Kier molecular flexibility index (Phi) is 8.70. The van der Waals surface area contributed by atoms with Crippen LogP contribution in [0.5, 0.6) is 5.75 Å². The third-order valence-corrected chi connectivity index (χ3v) is 6.35. The van der Waals surface area contributed by atoms with Gasteiger partial charge in [0.25, 0.3) is 5.91 Å². The fourth-order valence-corrected chi connectivity index (χ4v) is 4.60. The van der Waals surface area contributed by atoms with E-state index in [2.05, 4.69) is 5.32 Å². The van der Waals surface area contributed by atoms with Crippen LogP contribution in [-0.2, 0) is 22.6 Å². The molecule has 0 aliphatic heterocycles. The highest BCUT2D eigenvalue weighted by Gasteiger charge is 2.32. The average Bonchev–Trinajstić information content (AvgIpc) is 2.89. The summed E-state index contributed by atoms with van der Waals surface area (Å²) in [6, 6.07) is 29.9. The van der Waals surface area contributed by atoms with E-state index in [1.807, 2.05) is 112 Å². The van der Waals surface area contributed by atoms with Crippen molar-refractivity contribution in [2.45, 2.75) is 45.3 Å². The number of hydrogen-bond donors (Lipinski definition) is 1. The highest BCUT2D eigenvalue weighted by Crippen LogP contribution is 2.25. The zero-order chi connectivity index (χ0) is 27.1. The summed E-state index contributed by atoms with van der Waals surface area (Å²) < 4.78 is 6.06. The van der Waals surface area contributed by atoms with E-state index in [1.54, 1.807) is 11.0 Å². The number of hydrogen-bond acceptors (Lipinski definition) is 3. The van der Waals surface area contributed by atoms with Crippen molar-refractivity contribution in [2.24, 2.45) is 0 Å². The Balaban J connectivity index is 1.66. The highest BCUT2D eigenvalue weighted by atomic mass is 35.5. The van der Waals surface area contributed by atoms with Crippen LogP contribution in [0.25, 0.3) is 10.8 Å². The van der Waals surface area contributed by atoms with E-state index in [9.17, 15) is 9.59 Å². The number of carbonyl (C=O) groups excluding carboxylic acids is 2. The molecular weight excluding hydrogens is 496 g/mol. The van der Waals surface area contributed by atoms with Crippen LogP contribution in [0.2, 0.25) is 5.02 Å². The van der Waals surface area contributed by atoms with E-state index in [0.29, 0.717) is 17.2 Å². The van der Waals surface area contributed by atoms with Crippen LogP contribution in [0, 0.1) is 0 Å². The van der Waals surface area contributed by atoms with Gasteiger partial charge in [0, 0.05) is 28.9 Å². The molecule has 0 saturated carbocycles. The van der Waals surface area contributed by atoms with Gasteiger partial charge < -0.3 is 15.0 Å². The molecule has 1 atom stereocenters. The van der Waals surface area contributed by atoms with Gasteiger partial charge in [0.2, 0.25) is 5.91 Å². The summed E-state index contributed by atoms with van der Waals surface area (Å²) in [5, 5.41) is 5.59. The minimum atomic E-state index is -0.751. The third-order valence-electron chi connectivity index (χ3n) is 6.11. The summed E-state index contributed by atoms with van der Waals surface area (Å²) in [6.07, 6.45) is 0.364. The minimum Gasteiger partial charge on any atom is -0.483 e. The highest BCUT2D eigenvalue weighted by molar-refractivity contribution is 6.30. The van der Waals surface area contributed by atoms with Crippen LogP contribution >= 0.6 is 11.6 Å². The second-order valence-electron chi connectivity index (χ2n) is 10.4. The van der Waals surface area contributed by atoms with Crippen molar-refractivity contribution in [1.29, 1.82) is 0 Å². The summed E-state index contributed by atoms with van der Waals surface area (Å²) in [7, 11) is 0. The lowest BCUT2D eigenvalue weighted by molar-refractivity contribution is -0.143. The first kappa shape index (κ1) is 27.2. The molecule has 0 bridgehead atoms. The first-order valence-electron chi connectivity index (χ1n) is 12.7. The second kappa shape index (κ2) is 12.1. The molecule has 0 fully saturated rings. The molecule has 4 aromatic carbocycles. The van der Waals surface area contributed by atoms with E-state index in [0.717, 1.165) is 21.9 Å². The summed E-state index contributed by atoms with van der Waals surface area (Å²) >= 11 is 6.26. The van der Waals surface area contributed by atoms with Crippen molar-refractivity contribution >= 4 is 34.2 Å². The number of amides is 2. The Bertz CT molecular complexity index is 1390. The Morgan fingerprint density at radius 2 is 1.53 bits per heavy atom. The average molecular weight is 529 g/mol. The lowest BCUT2D eigenvalue weighted by Gasteiger charge is -2.33. The van der Waals surface area contributed by atoms with Crippen LogP contribution < -0.4 is 10.1 Å². The molecule has 196 valence electrons. The van der Waals surface area contributed by atoms with Gasteiger partial charge in [-0.2, -0.15) is 0 Å². The normalized spacial score (nSPS) is 12.1. The van der Waals surface area contributed by atoms with E-state index in [-0.39, 0.29) is 25.0 Å². The molecule has 4 aromatic rings. The van der Waals surface area contributed by atoms with Crippen LogP contribution in [0.3, 0.4) is 0 Å². The first-order chi connectivity index (χ1) is 18.2. The van der Waals surface area contributed by atoms with Crippen molar-refractivity contribution in [3.05, 3.63) is 113 Å². The second-order valence-corrected chi connectivity index (χ2v) is 10.8. The van der Waals surface area contributed by atoms with Crippen molar-refractivity contribution in [1.82, 2.24) is 10.2 Å². The van der Waals surface area contributed by atoms with Gasteiger partial charge in [-0.3, -0.25) is 9.59 Å². The zero-order valence-electron chi connectivity index (χ0n) is 22.0. The van der Waals surface area contributed by atoms with Gasteiger partial charge in [0.15, 0.2) is 6.61 Å². The molecule has 1 N–H and O–H groups in total. The van der Waals surface area contributed by atoms with E-state index in [4.69, 9.17) is 16.3 Å². The smallest absolute Gasteiger partial charge is 0.261 e. The summed E-state index contributed by atoms with van der Waals surface area (Å²) in [5.41, 5.74) is 1.33. The first-order valence-corrected chi connectivity index (χ1v) is 13.1. The molecule has 0 aliphatic rings. The van der Waals surface area contributed by atoms with Gasteiger partial charge in [0.05, 0.1) is 0 Å². The maximum Gasteiger partial charge on any atom is 0.261 e. The number of rotatable bonds is 9. The molecule has 0 saturated heterocycles. The zero-order valence-corrected chi connectivity index (χ0v) is 22.7. The summed E-state index contributed by atoms with van der Waals surface area (Å²) in [5.74, 6) is 0.114. The third kappa shape index (κ3) is 7.36. The standard InChI is InChI=1S/C32H33ClN2O3/c1-32(2,3)34-31(37)28(20-23-11-5-4-6-12-23)35(21-24-13-9-16-26(33)19-24)30(36)22-38-29-18-10-15-25-14-7-8-17-27(25)29/h4-19,28H,20-22H2,1-3H3,(H,34,37)/t28-/m1/s1. The fraction of sp³-hybridized carbons (Fsp3) is 0.250. The molecule has 0 aromatic heterocycles. The summed E-state index contributed by atoms with van der Waals surface area (Å²) in [4.78, 5) is 29.1. The molecule has 0 unspecified atom stereocenters. The van der Waals surface area contributed by atoms with Crippen molar-refractivity contribution in [2.75, 3.05) is 6.61 Å². The number of benzene rings is 4. The molecule has 2 amide bonds. The van der Waals surface area contributed by atoms with Crippen LogP contribution in [0.1, 0.15) is 31.9 Å². The maximum absolute atomic E-state index is 13.8. The number of ether oxygens (including phenoxy) is 1. The maximum atomic E-state index is 13.8. The van der Waals surface area contributed by atoms with E-state index in [1.165, 1.54) is 0 Å². The summed E-state index contributed by atoms with van der Waals surface area (Å²) in [6.45, 7) is 5.79. The van der Waals surface area contributed by atoms with Crippen LogP contribution in [-0.4, -0.2) is 34.9 Å². The largest absolute Gasteiger partial charge is 0.483 e. The molecule has 0 aliphatic carbocycles. The van der Waals surface area contributed by atoms with Gasteiger partial charge >= 0.3 is 0 Å². The molecular formula is C32H33ClN2O3. The van der Waals surface area contributed by atoms with Crippen LogP contribution in [0.15, 0.2) is 97.1 Å². The molecule has 38 heavy (non-hydrogen) atoms.